The van der Waals surface area contributed by atoms with Gasteiger partial charge in [0.1, 0.15) is 5.69 Å². The fraction of sp³-hybridized carbons (Fsp3) is 0.333. The van der Waals surface area contributed by atoms with Gasteiger partial charge in [0.05, 0.1) is 14.7 Å². The van der Waals surface area contributed by atoms with Gasteiger partial charge < -0.3 is 10.1 Å². The van der Waals surface area contributed by atoms with Gasteiger partial charge in [0.2, 0.25) is 5.91 Å². The molecular weight excluding hydrogens is 516 g/mol. The first-order chi connectivity index (χ1) is 16.9. The monoisotopic (exact) mass is 540 g/mol. The average molecular weight is 541 g/mol. The number of ether oxygens (including phenoxy) is 1. The van der Waals surface area contributed by atoms with Crippen LogP contribution in [0.15, 0.2) is 52.3 Å². The second kappa shape index (κ2) is 11.0. The first kappa shape index (κ1) is 27.0. The Morgan fingerprint density at radius 1 is 0.972 bits per heavy atom. The third-order valence-corrected chi connectivity index (χ3v) is 8.11. The van der Waals surface area contributed by atoms with Crippen molar-refractivity contribution in [3.05, 3.63) is 58.1 Å². The second-order valence-electron chi connectivity index (χ2n) is 7.99. The summed E-state index contributed by atoms with van der Waals surface area (Å²) in [7, 11) is -8.63. The summed E-state index contributed by atoms with van der Waals surface area (Å²) in [6.45, 7) is 2.70. The number of amides is 2. The fourth-order valence-electron chi connectivity index (χ4n) is 3.46. The first-order valence-corrected chi connectivity index (χ1v) is 13.7. The van der Waals surface area contributed by atoms with Gasteiger partial charge in [-0.1, -0.05) is 0 Å². The topological polar surface area (TPSA) is 191 Å². The number of carbonyl (C=O) groups excluding carboxylic acids is 2. The molecule has 1 aliphatic heterocycles. The Balaban J connectivity index is 1.75. The molecule has 0 aromatic heterocycles. The number of nitro benzene ring substituents is 1. The Morgan fingerprint density at radius 2 is 1.56 bits per heavy atom. The minimum absolute atomic E-state index is 0.146. The predicted molar refractivity (Wildman–Crippen MR) is 127 cm³/mol. The minimum atomic E-state index is -4.49. The van der Waals surface area contributed by atoms with Gasteiger partial charge >= 0.3 is 0 Å². The number of rotatable bonds is 9. The Kier molecular flexibility index (Phi) is 8.27. The van der Waals surface area contributed by atoms with Gasteiger partial charge in [-0.3, -0.25) is 19.7 Å². The normalized spacial score (nSPS) is 14.6. The van der Waals surface area contributed by atoms with Crippen molar-refractivity contribution in [2.75, 3.05) is 25.1 Å². The van der Waals surface area contributed by atoms with Gasteiger partial charge in [-0.25, -0.2) is 26.3 Å². The Morgan fingerprint density at radius 3 is 2.14 bits per heavy atom. The van der Waals surface area contributed by atoms with Gasteiger partial charge in [0.25, 0.3) is 31.6 Å². The zero-order chi connectivity index (χ0) is 26.5. The number of hydrogen-bond donors (Lipinski definition) is 3. The molecule has 1 fully saturated rings. The SMILES string of the molecule is CC(=O)NS(=O)(=O)c1ccc(C(=O)NS(=O)(=O)c2ccc(NCC3CCOCC3)c([N+](=O)[O-])c2)cc1. The van der Waals surface area contributed by atoms with Crippen molar-refractivity contribution in [1.82, 2.24) is 9.44 Å². The number of carbonyl (C=O) groups is 2. The van der Waals surface area contributed by atoms with Crippen molar-refractivity contribution in [3.8, 4) is 0 Å². The molecule has 0 atom stereocenters. The summed E-state index contributed by atoms with van der Waals surface area (Å²) in [6.07, 6.45) is 1.61. The van der Waals surface area contributed by atoms with E-state index in [9.17, 15) is 36.5 Å². The molecule has 194 valence electrons. The molecule has 0 radical (unpaired) electrons. The summed E-state index contributed by atoms with van der Waals surface area (Å²) < 4.78 is 58.3. The maximum Gasteiger partial charge on any atom is 0.293 e. The highest BCUT2D eigenvalue weighted by molar-refractivity contribution is 7.90. The van der Waals surface area contributed by atoms with Crippen LogP contribution in [0, 0.1) is 16.0 Å². The molecule has 1 saturated heterocycles. The fourth-order valence-corrected chi connectivity index (χ4v) is 5.44. The summed E-state index contributed by atoms with van der Waals surface area (Å²) in [5.74, 6) is -1.62. The van der Waals surface area contributed by atoms with Gasteiger partial charge in [-0.2, -0.15) is 0 Å². The molecule has 36 heavy (non-hydrogen) atoms. The van der Waals surface area contributed by atoms with Gasteiger partial charge in [-0.05, 0) is 55.2 Å². The van der Waals surface area contributed by atoms with Crippen molar-refractivity contribution in [2.24, 2.45) is 5.92 Å². The number of anilines is 1. The number of nitro groups is 1. The Labute approximate surface area is 207 Å². The second-order valence-corrected chi connectivity index (χ2v) is 11.4. The molecule has 0 spiro atoms. The summed E-state index contributed by atoms with van der Waals surface area (Å²) in [4.78, 5) is 33.5. The van der Waals surface area contributed by atoms with Crippen LogP contribution in [0.5, 0.6) is 0 Å². The Hall–Kier alpha value is -3.56. The zero-order valence-corrected chi connectivity index (χ0v) is 20.7. The lowest BCUT2D eigenvalue weighted by atomic mass is 10.0. The molecule has 0 unspecified atom stereocenters. The third kappa shape index (κ3) is 6.77. The highest BCUT2D eigenvalue weighted by Gasteiger charge is 2.25. The van der Waals surface area contributed by atoms with E-state index >= 15 is 0 Å². The molecule has 2 amide bonds. The lowest BCUT2D eigenvalue weighted by Gasteiger charge is -2.22. The molecule has 3 N–H and O–H groups in total. The van der Waals surface area contributed by atoms with Gasteiger partial charge in [0, 0.05) is 38.3 Å². The number of nitrogens with one attached hydrogen (secondary N) is 3. The highest BCUT2D eigenvalue weighted by Crippen LogP contribution is 2.28. The molecule has 13 nitrogen and oxygen atoms in total. The molecule has 0 saturated carbocycles. The zero-order valence-electron chi connectivity index (χ0n) is 19.1. The molecule has 15 heteroatoms. The van der Waals surface area contributed by atoms with Crippen LogP contribution >= 0.6 is 0 Å². The third-order valence-electron chi connectivity index (χ3n) is 5.33. The predicted octanol–water partition coefficient (Wildman–Crippen LogP) is 1.38. The summed E-state index contributed by atoms with van der Waals surface area (Å²) in [5.41, 5.74) is -0.512. The highest BCUT2D eigenvalue weighted by atomic mass is 32.2. The van der Waals surface area contributed by atoms with Crippen LogP contribution in [-0.4, -0.2) is 53.3 Å². The van der Waals surface area contributed by atoms with E-state index in [1.807, 2.05) is 0 Å². The lowest BCUT2D eigenvalue weighted by Crippen LogP contribution is -2.31. The Bertz CT molecular complexity index is 1370. The number of hydrogen-bond acceptors (Lipinski definition) is 10. The minimum Gasteiger partial charge on any atom is -0.381 e. The van der Waals surface area contributed by atoms with E-state index < -0.39 is 47.4 Å². The van der Waals surface area contributed by atoms with Crippen molar-refractivity contribution < 1.29 is 36.1 Å². The molecule has 0 bridgehead atoms. The van der Waals surface area contributed by atoms with Crippen LogP contribution < -0.4 is 14.8 Å². The summed E-state index contributed by atoms with van der Waals surface area (Å²) in [5, 5.41) is 14.5. The maximum absolute atomic E-state index is 12.7. The van der Waals surface area contributed by atoms with E-state index in [-0.39, 0.29) is 22.1 Å². The van der Waals surface area contributed by atoms with Crippen molar-refractivity contribution in [1.29, 1.82) is 0 Å². The van der Waals surface area contributed by atoms with E-state index in [1.165, 1.54) is 6.07 Å². The van der Waals surface area contributed by atoms with E-state index in [4.69, 9.17) is 4.74 Å². The number of sulfonamides is 2. The lowest BCUT2D eigenvalue weighted by molar-refractivity contribution is -0.384. The van der Waals surface area contributed by atoms with Crippen LogP contribution in [0.1, 0.15) is 30.1 Å². The van der Waals surface area contributed by atoms with E-state index in [0.717, 1.165) is 56.2 Å². The maximum atomic E-state index is 12.7. The van der Waals surface area contributed by atoms with Crippen LogP contribution in [0.4, 0.5) is 11.4 Å². The molecule has 2 aromatic carbocycles. The van der Waals surface area contributed by atoms with Crippen LogP contribution in [0.2, 0.25) is 0 Å². The van der Waals surface area contributed by atoms with Gasteiger partial charge in [-0.15, -0.1) is 0 Å². The van der Waals surface area contributed by atoms with Crippen LogP contribution in [-0.2, 0) is 29.6 Å². The van der Waals surface area contributed by atoms with Gasteiger partial charge in [0.15, 0.2) is 0 Å². The molecular formula is C21H24N4O9S2. The molecule has 0 aliphatic carbocycles. The van der Waals surface area contributed by atoms with Crippen LogP contribution in [0.25, 0.3) is 0 Å². The molecule has 3 rings (SSSR count). The quantitative estimate of drug-likeness (QED) is 0.309. The van der Waals surface area contributed by atoms with Crippen molar-refractivity contribution >= 4 is 43.2 Å². The van der Waals surface area contributed by atoms with E-state index in [0.29, 0.717) is 19.8 Å². The van der Waals surface area contributed by atoms with Crippen LogP contribution in [0.3, 0.4) is 0 Å². The standard InChI is InChI=1S/C21H24N4O9S2/c1-14(26)23-35(30,31)17-4-2-16(3-5-17)21(27)24-36(32,33)18-6-7-19(20(12-18)25(28)29)22-13-15-8-10-34-11-9-15/h2-7,12,15,22H,8-11,13H2,1H3,(H,23,26)(H,24,27). The number of nitrogens with zero attached hydrogens (tertiary/aromatic N) is 1. The first-order valence-electron chi connectivity index (χ1n) is 10.7. The average Bonchev–Trinajstić information content (AvgIpc) is 2.82. The van der Waals surface area contributed by atoms with Crippen molar-refractivity contribution in [2.45, 2.75) is 29.6 Å². The molecule has 2 aromatic rings. The molecule has 1 heterocycles. The van der Waals surface area contributed by atoms with E-state index in [1.54, 1.807) is 9.44 Å². The summed E-state index contributed by atoms with van der Waals surface area (Å²) in [6, 6.07) is 7.42. The summed E-state index contributed by atoms with van der Waals surface area (Å²) >= 11 is 0. The van der Waals surface area contributed by atoms with E-state index in [2.05, 4.69) is 5.32 Å². The number of benzene rings is 2. The smallest absolute Gasteiger partial charge is 0.293 e. The molecule has 1 aliphatic rings. The largest absolute Gasteiger partial charge is 0.381 e. The van der Waals surface area contributed by atoms with Crippen molar-refractivity contribution in [3.63, 3.8) is 0 Å².